The van der Waals surface area contributed by atoms with Crippen molar-refractivity contribution in [3.05, 3.63) is 48.7 Å². The molecule has 1 aromatic heterocycles. The summed E-state index contributed by atoms with van der Waals surface area (Å²) in [5.41, 5.74) is 6.21. The molecule has 6 nitrogen and oxygen atoms in total. The Labute approximate surface area is 118 Å². The Morgan fingerprint density at radius 3 is 2.45 bits per heavy atom. The Balaban J connectivity index is 2.13. The molecule has 4 N–H and O–H groups in total. The van der Waals surface area contributed by atoms with Gasteiger partial charge in [-0.2, -0.15) is 0 Å². The van der Waals surface area contributed by atoms with E-state index in [4.69, 9.17) is 5.73 Å². The van der Waals surface area contributed by atoms with Gasteiger partial charge in [0.25, 0.3) is 10.0 Å². The molecule has 2 rings (SSSR count). The first-order valence-corrected chi connectivity index (χ1v) is 7.58. The fraction of sp³-hybridized carbons (Fsp3) is 0.154. The minimum Gasteiger partial charge on any atom is -0.384 e. The van der Waals surface area contributed by atoms with Crippen molar-refractivity contribution in [2.24, 2.45) is 5.73 Å². The maximum atomic E-state index is 12.1. The van der Waals surface area contributed by atoms with Crippen molar-refractivity contribution < 1.29 is 8.42 Å². The summed E-state index contributed by atoms with van der Waals surface area (Å²) >= 11 is 0. The predicted octanol–water partition coefficient (Wildman–Crippen LogP) is 1.25. The van der Waals surface area contributed by atoms with Crippen LogP contribution in [0.1, 0.15) is 0 Å². The minimum absolute atomic E-state index is 0.182. The van der Waals surface area contributed by atoms with E-state index < -0.39 is 10.0 Å². The third kappa shape index (κ3) is 3.69. The summed E-state index contributed by atoms with van der Waals surface area (Å²) in [4.78, 5) is 4.11. The quantitative estimate of drug-likeness (QED) is 0.744. The second kappa shape index (κ2) is 6.36. The third-order valence-corrected chi connectivity index (χ3v) is 3.91. The van der Waals surface area contributed by atoms with Gasteiger partial charge in [-0.3, -0.25) is 4.72 Å². The predicted molar refractivity (Wildman–Crippen MR) is 79.0 cm³/mol. The highest BCUT2D eigenvalue weighted by atomic mass is 32.2. The summed E-state index contributed by atoms with van der Waals surface area (Å²) in [5, 5.41) is 3.07. The van der Waals surface area contributed by atoms with Crippen molar-refractivity contribution in [2.45, 2.75) is 4.90 Å². The zero-order valence-corrected chi connectivity index (χ0v) is 11.6. The van der Waals surface area contributed by atoms with Crippen molar-refractivity contribution in [2.75, 3.05) is 23.1 Å². The summed E-state index contributed by atoms with van der Waals surface area (Å²) in [5.74, 6) is 0.290. The smallest absolute Gasteiger partial charge is 0.263 e. The molecule has 2 aromatic rings. The lowest BCUT2D eigenvalue weighted by atomic mass is 10.3. The van der Waals surface area contributed by atoms with Crippen molar-refractivity contribution in [3.8, 4) is 0 Å². The van der Waals surface area contributed by atoms with Crippen molar-refractivity contribution in [3.63, 3.8) is 0 Å². The van der Waals surface area contributed by atoms with Crippen LogP contribution in [0.25, 0.3) is 0 Å². The number of hydrogen-bond acceptors (Lipinski definition) is 5. The molecule has 106 valence electrons. The summed E-state index contributed by atoms with van der Waals surface area (Å²) < 4.78 is 26.7. The second-order valence-electron chi connectivity index (χ2n) is 4.06. The Bertz CT molecular complexity index is 642. The SMILES string of the molecule is NCCNc1ccc(S(=O)(=O)Nc2ccccn2)cc1. The molecule has 0 aliphatic rings. The van der Waals surface area contributed by atoms with E-state index >= 15 is 0 Å². The van der Waals surface area contributed by atoms with Gasteiger partial charge in [-0.25, -0.2) is 13.4 Å². The van der Waals surface area contributed by atoms with Crippen LogP contribution in [0.3, 0.4) is 0 Å². The number of sulfonamides is 1. The molecule has 20 heavy (non-hydrogen) atoms. The molecule has 0 atom stereocenters. The maximum Gasteiger partial charge on any atom is 0.263 e. The summed E-state index contributed by atoms with van der Waals surface area (Å²) in [6.07, 6.45) is 1.53. The van der Waals surface area contributed by atoms with E-state index in [9.17, 15) is 8.42 Å². The number of nitrogens with one attached hydrogen (secondary N) is 2. The van der Waals surface area contributed by atoms with Crippen LogP contribution in [0.4, 0.5) is 11.5 Å². The zero-order valence-electron chi connectivity index (χ0n) is 10.8. The highest BCUT2D eigenvalue weighted by Crippen LogP contribution is 2.16. The fourth-order valence-corrected chi connectivity index (χ4v) is 2.60. The van der Waals surface area contributed by atoms with Crippen LogP contribution >= 0.6 is 0 Å². The highest BCUT2D eigenvalue weighted by molar-refractivity contribution is 7.92. The Hall–Kier alpha value is -2.12. The molecular formula is C13H16N4O2S. The van der Waals surface area contributed by atoms with E-state index in [0.717, 1.165) is 5.69 Å². The van der Waals surface area contributed by atoms with Crippen LogP contribution < -0.4 is 15.8 Å². The molecule has 0 radical (unpaired) electrons. The van der Waals surface area contributed by atoms with Crippen LogP contribution in [0, 0.1) is 0 Å². The lowest BCUT2D eigenvalue weighted by Crippen LogP contribution is -2.15. The van der Waals surface area contributed by atoms with Crippen LogP contribution in [0.2, 0.25) is 0 Å². The third-order valence-electron chi connectivity index (χ3n) is 2.54. The summed E-state index contributed by atoms with van der Waals surface area (Å²) in [6, 6.07) is 11.5. The average Bonchev–Trinajstić information content (AvgIpc) is 2.46. The maximum absolute atomic E-state index is 12.1. The normalized spacial score (nSPS) is 11.1. The number of rotatable bonds is 6. The molecule has 0 bridgehead atoms. The zero-order chi connectivity index (χ0) is 14.4. The minimum atomic E-state index is -3.62. The molecule has 0 aliphatic carbocycles. The Kier molecular flexibility index (Phi) is 4.54. The van der Waals surface area contributed by atoms with Crippen LogP contribution in [0.15, 0.2) is 53.6 Å². The molecule has 0 aliphatic heterocycles. The van der Waals surface area contributed by atoms with E-state index in [2.05, 4.69) is 15.0 Å². The summed E-state index contributed by atoms with van der Waals surface area (Å²) in [6.45, 7) is 1.15. The number of nitrogens with two attached hydrogens (primary N) is 1. The van der Waals surface area contributed by atoms with Gasteiger partial charge >= 0.3 is 0 Å². The van der Waals surface area contributed by atoms with Gasteiger partial charge in [-0.15, -0.1) is 0 Å². The van der Waals surface area contributed by atoms with Gasteiger partial charge in [0.2, 0.25) is 0 Å². The first kappa shape index (κ1) is 14.3. The van der Waals surface area contributed by atoms with Crippen LogP contribution in [0.5, 0.6) is 0 Å². The number of hydrogen-bond donors (Lipinski definition) is 3. The summed E-state index contributed by atoms with van der Waals surface area (Å²) in [7, 11) is -3.62. The molecule has 0 saturated carbocycles. The second-order valence-corrected chi connectivity index (χ2v) is 5.74. The van der Waals surface area contributed by atoms with Gasteiger partial charge in [-0.1, -0.05) is 6.07 Å². The van der Waals surface area contributed by atoms with Crippen LogP contribution in [-0.2, 0) is 10.0 Å². The molecule has 1 heterocycles. The largest absolute Gasteiger partial charge is 0.384 e. The van der Waals surface area contributed by atoms with Crippen molar-refractivity contribution in [1.29, 1.82) is 0 Å². The van der Waals surface area contributed by atoms with Gasteiger partial charge in [-0.05, 0) is 36.4 Å². The molecular weight excluding hydrogens is 276 g/mol. The number of pyridine rings is 1. The Morgan fingerprint density at radius 2 is 1.85 bits per heavy atom. The van der Waals surface area contributed by atoms with E-state index in [1.807, 2.05) is 0 Å². The standard InChI is InChI=1S/C13H16N4O2S/c14-8-10-15-11-4-6-12(7-5-11)20(18,19)17-13-3-1-2-9-16-13/h1-7,9,15H,8,10,14H2,(H,16,17). The number of anilines is 2. The van der Waals surface area contributed by atoms with Gasteiger partial charge < -0.3 is 11.1 Å². The molecule has 0 amide bonds. The molecule has 0 unspecified atom stereocenters. The average molecular weight is 292 g/mol. The van der Waals surface area contributed by atoms with Gasteiger partial charge in [0.1, 0.15) is 5.82 Å². The van der Waals surface area contributed by atoms with E-state index in [0.29, 0.717) is 13.1 Å². The first-order valence-electron chi connectivity index (χ1n) is 6.10. The number of nitrogens with zero attached hydrogens (tertiary/aromatic N) is 1. The van der Waals surface area contributed by atoms with Gasteiger partial charge in [0, 0.05) is 25.0 Å². The fourth-order valence-electron chi connectivity index (χ4n) is 1.59. The molecule has 0 saturated heterocycles. The van der Waals surface area contributed by atoms with Crippen molar-refractivity contribution >= 4 is 21.5 Å². The highest BCUT2D eigenvalue weighted by Gasteiger charge is 2.14. The lowest BCUT2D eigenvalue weighted by Gasteiger charge is -2.08. The lowest BCUT2D eigenvalue weighted by molar-refractivity contribution is 0.601. The monoisotopic (exact) mass is 292 g/mol. The van der Waals surface area contributed by atoms with Gasteiger partial charge in [0.05, 0.1) is 4.90 Å². The Morgan fingerprint density at radius 1 is 1.10 bits per heavy atom. The van der Waals surface area contributed by atoms with Crippen molar-refractivity contribution in [1.82, 2.24) is 4.98 Å². The number of benzene rings is 1. The van der Waals surface area contributed by atoms with E-state index in [1.54, 1.807) is 30.3 Å². The van der Waals surface area contributed by atoms with E-state index in [1.165, 1.54) is 18.3 Å². The molecule has 0 fully saturated rings. The van der Waals surface area contributed by atoms with E-state index in [-0.39, 0.29) is 10.7 Å². The van der Waals surface area contributed by atoms with Gasteiger partial charge in [0.15, 0.2) is 0 Å². The molecule has 1 aromatic carbocycles. The molecule has 7 heteroatoms. The molecule has 0 spiro atoms. The van der Waals surface area contributed by atoms with Crippen LogP contribution in [-0.4, -0.2) is 26.5 Å². The topological polar surface area (TPSA) is 97.1 Å². The number of aromatic nitrogens is 1. The first-order chi connectivity index (χ1) is 9.62.